The van der Waals surface area contributed by atoms with Gasteiger partial charge >= 0.3 is 6.18 Å². The number of benzene rings is 1. The highest BCUT2D eigenvalue weighted by Crippen LogP contribution is 2.36. The number of alkyl halides is 3. The molecule has 1 fully saturated rings. The van der Waals surface area contributed by atoms with Gasteiger partial charge in [-0.25, -0.2) is 0 Å². The maximum absolute atomic E-state index is 12.7. The molecule has 1 heterocycles. The topological polar surface area (TPSA) is 64.4 Å². The van der Waals surface area contributed by atoms with Crippen LogP contribution < -0.4 is 11.1 Å². The van der Waals surface area contributed by atoms with Crippen LogP contribution in [-0.4, -0.2) is 24.7 Å². The highest BCUT2D eigenvalue weighted by Gasteiger charge is 2.34. The van der Waals surface area contributed by atoms with Crippen molar-refractivity contribution in [1.29, 1.82) is 0 Å². The number of halogens is 4. The van der Waals surface area contributed by atoms with Gasteiger partial charge in [0.15, 0.2) is 0 Å². The summed E-state index contributed by atoms with van der Waals surface area (Å²) in [6.45, 7) is 0.308. The van der Waals surface area contributed by atoms with Gasteiger partial charge in [0.1, 0.15) is 6.10 Å². The average Bonchev–Trinajstić information content (AvgIpc) is 2.88. The number of hydrogen-bond acceptors (Lipinski definition) is 3. The number of ether oxygens (including phenoxy) is 1. The Morgan fingerprint density at radius 3 is 2.71 bits per heavy atom. The molecule has 2 unspecified atom stereocenters. The minimum atomic E-state index is -4.58. The molecular weight excluding hydrogens is 309 g/mol. The third-order valence-corrected chi connectivity index (χ3v) is 3.53. The second kappa shape index (κ2) is 6.21. The molecule has 0 aliphatic carbocycles. The van der Waals surface area contributed by atoms with Crippen LogP contribution in [0.5, 0.6) is 0 Å². The van der Waals surface area contributed by atoms with Gasteiger partial charge in [0.25, 0.3) is 5.91 Å². The summed E-state index contributed by atoms with van der Waals surface area (Å²) in [7, 11) is 0. The van der Waals surface area contributed by atoms with Crippen molar-refractivity contribution in [1.82, 2.24) is 0 Å². The van der Waals surface area contributed by atoms with Crippen LogP contribution in [-0.2, 0) is 15.7 Å². The fourth-order valence-electron chi connectivity index (χ4n) is 2.11. The van der Waals surface area contributed by atoms with Crippen LogP contribution >= 0.6 is 11.6 Å². The zero-order valence-electron chi connectivity index (χ0n) is 10.9. The molecule has 2 atom stereocenters. The van der Waals surface area contributed by atoms with E-state index in [4.69, 9.17) is 22.1 Å². The molecule has 116 valence electrons. The van der Waals surface area contributed by atoms with E-state index in [2.05, 4.69) is 5.32 Å². The van der Waals surface area contributed by atoms with Crippen molar-refractivity contribution < 1.29 is 22.7 Å². The third kappa shape index (κ3) is 3.87. The van der Waals surface area contributed by atoms with E-state index in [1.165, 1.54) is 6.07 Å². The Balaban J connectivity index is 2.08. The number of anilines is 1. The van der Waals surface area contributed by atoms with Gasteiger partial charge in [0, 0.05) is 12.2 Å². The van der Waals surface area contributed by atoms with Gasteiger partial charge in [-0.3, -0.25) is 4.79 Å². The van der Waals surface area contributed by atoms with E-state index >= 15 is 0 Å². The number of hydrogen-bond donors (Lipinski definition) is 2. The molecule has 0 radical (unpaired) electrons. The van der Waals surface area contributed by atoms with Crippen molar-refractivity contribution in [3.63, 3.8) is 0 Å². The Bertz CT molecular complexity index is 537. The summed E-state index contributed by atoms with van der Waals surface area (Å²) >= 11 is 5.51. The fraction of sp³-hybridized carbons (Fsp3) is 0.462. The summed E-state index contributed by atoms with van der Waals surface area (Å²) in [6.07, 6.45) is -4.30. The van der Waals surface area contributed by atoms with Crippen molar-refractivity contribution in [2.45, 2.75) is 31.2 Å². The second-order valence-electron chi connectivity index (χ2n) is 4.74. The minimum Gasteiger partial charge on any atom is -0.364 e. The molecule has 0 bridgehead atoms. The van der Waals surface area contributed by atoms with Gasteiger partial charge in [-0.05, 0) is 31.0 Å². The van der Waals surface area contributed by atoms with Crippen molar-refractivity contribution >= 4 is 23.2 Å². The first-order valence-electron chi connectivity index (χ1n) is 6.34. The predicted octanol–water partition coefficient (Wildman–Crippen LogP) is 2.80. The van der Waals surface area contributed by atoms with Gasteiger partial charge in [-0.15, -0.1) is 0 Å². The van der Waals surface area contributed by atoms with Crippen LogP contribution in [0.3, 0.4) is 0 Å². The summed E-state index contributed by atoms with van der Waals surface area (Å²) in [5.74, 6) is -0.485. The highest BCUT2D eigenvalue weighted by atomic mass is 35.5. The highest BCUT2D eigenvalue weighted by molar-refractivity contribution is 6.31. The Hall–Kier alpha value is -1.31. The van der Waals surface area contributed by atoms with E-state index in [1.54, 1.807) is 0 Å². The molecule has 1 aliphatic heterocycles. The first-order valence-corrected chi connectivity index (χ1v) is 6.72. The molecule has 4 nitrogen and oxygen atoms in total. The fourth-order valence-corrected chi connectivity index (χ4v) is 2.34. The Kier molecular flexibility index (Phi) is 4.75. The van der Waals surface area contributed by atoms with Crippen LogP contribution in [0.1, 0.15) is 18.4 Å². The first kappa shape index (κ1) is 16.1. The van der Waals surface area contributed by atoms with E-state index in [0.717, 1.165) is 12.1 Å². The van der Waals surface area contributed by atoms with Gasteiger partial charge < -0.3 is 15.8 Å². The van der Waals surface area contributed by atoms with Crippen LogP contribution in [0.2, 0.25) is 5.02 Å². The van der Waals surface area contributed by atoms with Crippen molar-refractivity contribution in [3.8, 4) is 0 Å². The molecule has 2 rings (SSSR count). The monoisotopic (exact) mass is 322 g/mol. The molecule has 8 heteroatoms. The molecule has 1 aliphatic rings. The van der Waals surface area contributed by atoms with E-state index in [9.17, 15) is 18.0 Å². The first-order chi connectivity index (χ1) is 9.81. The molecule has 1 amide bonds. The lowest BCUT2D eigenvalue weighted by atomic mass is 10.1. The predicted molar refractivity (Wildman–Crippen MR) is 72.0 cm³/mol. The smallest absolute Gasteiger partial charge is 0.364 e. The zero-order valence-corrected chi connectivity index (χ0v) is 11.7. The quantitative estimate of drug-likeness (QED) is 0.899. The molecule has 0 aromatic heterocycles. The summed E-state index contributed by atoms with van der Waals surface area (Å²) < 4.78 is 43.6. The van der Waals surface area contributed by atoms with Crippen LogP contribution in [0.25, 0.3) is 0 Å². The Labute approximate surface area is 124 Å². The van der Waals surface area contributed by atoms with E-state index in [1.807, 2.05) is 0 Å². The summed E-state index contributed by atoms with van der Waals surface area (Å²) in [5.41, 5.74) is 4.47. The summed E-state index contributed by atoms with van der Waals surface area (Å²) in [6, 6.07) is 3.21. The SMILES string of the molecule is NCC1CCC(C(=O)Nc2ccc(Cl)c(C(F)(F)F)c2)O1. The number of nitrogens with one attached hydrogen (secondary N) is 1. The van der Waals surface area contributed by atoms with Gasteiger partial charge in [0.2, 0.25) is 0 Å². The summed E-state index contributed by atoms with van der Waals surface area (Å²) in [5, 5.41) is 1.99. The average molecular weight is 323 g/mol. The van der Waals surface area contributed by atoms with E-state index < -0.39 is 28.8 Å². The van der Waals surface area contributed by atoms with Crippen LogP contribution in [0.4, 0.5) is 18.9 Å². The van der Waals surface area contributed by atoms with Gasteiger partial charge in [-0.2, -0.15) is 13.2 Å². The van der Waals surface area contributed by atoms with E-state index in [-0.39, 0.29) is 11.8 Å². The molecule has 1 aromatic carbocycles. The number of rotatable bonds is 3. The zero-order chi connectivity index (χ0) is 15.6. The normalized spacial score (nSPS) is 22.3. The lowest BCUT2D eigenvalue weighted by molar-refractivity contribution is -0.137. The number of nitrogens with two attached hydrogens (primary N) is 1. The number of carbonyl (C=O) groups excluding carboxylic acids is 1. The number of carbonyl (C=O) groups is 1. The Morgan fingerprint density at radius 2 is 2.14 bits per heavy atom. The molecule has 1 aromatic rings. The Morgan fingerprint density at radius 1 is 1.43 bits per heavy atom. The molecule has 3 N–H and O–H groups in total. The van der Waals surface area contributed by atoms with Crippen molar-refractivity contribution in [2.75, 3.05) is 11.9 Å². The maximum Gasteiger partial charge on any atom is 0.417 e. The van der Waals surface area contributed by atoms with Crippen LogP contribution in [0, 0.1) is 0 Å². The third-order valence-electron chi connectivity index (χ3n) is 3.20. The largest absolute Gasteiger partial charge is 0.417 e. The van der Waals surface area contributed by atoms with Crippen LogP contribution in [0.15, 0.2) is 18.2 Å². The van der Waals surface area contributed by atoms with Gasteiger partial charge in [0.05, 0.1) is 16.7 Å². The van der Waals surface area contributed by atoms with E-state index in [0.29, 0.717) is 19.4 Å². The molecule has 0 saturated carbocycles. The molecular formula is C13H14ClF3N2O2. The minimum absolute atomic E-state index is 0.0246. The lowest BCUT2D eigenvalue weighted by Gasteiger charge is -2.14. The molecule has 1 saturated heterocycles. The molecule has 21 heavy (non-hydrogen) atoms. The maximum atomic E-state index is 12.7. The lowest BCUT2D eigenvalue weighted by Crippen LogP contribution is -2.29. The second-order valence-corrected chi connectivity index (χ2v) is 5.15. The standard InChI is InChI=1S/C13H14ClF3N2O2/c14-10-3-1-7(5-9(10)13(15,16)17)19-12(20)11-4-2-8(6-18)21-11/h1,3,5,8,11H,2,4,6,18H2,(H,19,20). The summed E-state index contributed by atoms with van der Waals surface area (Å²) in [4.78, 5) is 11.9. The molecule has 0 spiro atoms. The van der Waals surface area contributed by atoms with Crippen molar-refractivity contribution in [2.24, 2.45) is 5.73 Å². The van der Waals surface area contributed by atoms with Crippen molar-refractivity contribution in [3.05, 3.63) is 28.8 Å². The van der Waals surface area contributed by atoms with Gasteiger partial charge in [-0.1, -0.05) is 11.6 Å². The number of amides is 1.